The first-order valence-corrected chi connectivity index (χ1v) is 10.1. The summed E-state index contributed by atoms with van der Waals surface area (Å²) in [4.78, 5) is 11.5. The molecular formula is C14H13F3N2O3S3. The number of anilines is 1. The van der Waals surface area contributed by atoms with Gasteiger partial charge in [-0.3, -0.25) is 4.79 Å². The molecule has 0 bridgehead atoms. The van der Waals surface area contributed by atoms with Crippen LogP contribution in [0.1, 0.15) is 0 Å². The number of carbonyl (C=O) groups excluding carboxylic acids is 1. The summed E-state index contributed by atoms with van der Waals surface area (Å²) in [5.41, 5.74) is 0.353. The third kappa shape index (κ3) is 6.69. The molecule has 136 valence electrons. The van der Waals surface area contributed by atoms with Crippen molar-refractivity contribution in [1.29, 1.82) is 0 Å². The molecule has 25 heavy (non-hydrogen) atoms. The van der Waals surface area contributed by atoms with Crippen molar-refractivity contribution in [3.8, 4) is 0 Å². The van der Waals surface area contributed by atoms with Crippen LogP contribution < -0.4 is 10.0 Å². The van der Waals surface area contributed by atoms with Gasteiger partial charge in [0.15, 0.2) is 0 Å². The highest BCUT2D eigenvalue weighted by Gasteiger charge is 2.30. The Bertz CT molecular complexity index is 804. The van der Waals surface area contributed by atoms with Crippen LogP contribution in [-0.4, -0.2) is 32.8 Å². The minimum atomic E-state index is -4.64. The summed E-state index contributed by atoms with van der Waals surface area (Å²) in [6.07, 6.45) is -4.64. The van der Waals surface area contributed by atoms with Crippen molar-refractivity contribution in [3.05, 3.63) is 41.8 Å². The number of rotatable bonds is 7. The van der Waals surface area contributed by atoms with Gasteiger partial charge in [0.2, 0.25) is 15.9 Å². The number of nitrogens with one attached hydrogen (secondary N) is 2. The van der Waals surface area contributed by atoms with Crippen LogP contribution in [0.4, 0.5) is 18.9 Å². The van der Waals surface area contributed by atoms with E-state index in [4.69, 9.17) is 0 Å². The van der Waals surface area contributed by atoms with Crippen LogP contribution in [-0.2, 0) is 14.8 Å². The maximum atomic E-state index is 12.1. The normalized spacial score (nSPS) is 12.1. The molecule has 0 fully saturated rings. The number of hydrogen-bond donors (Lipinski definition) is 2. The molecule has 2 N–H and O–H groups in total. The van der Waals surface area contributed by atoms with Gasteiger partial charge >= 0.3 is 6.18 Å². The van der Waals surface area contributed by atoms with Crippen molar-refractivity contribution in [3.63, 3.8) is 0 Å². The molecule has 0 spiro atoms. The molecule has 0 saturated heterocycles. The molecule has 1 heterocycles. The number of alkyl halides is 3. The second-order valence-corrected chi connectivity index (χ2v) is 8.72. The quantitative estimate of drug-likeness (QED) is 0.687. The minimum Gasteiger partial charge on any atom is -0.325 e. The topological polar surface area (TPSA) is 75.3 Å². The Hall–Kier alpha value is -1.56. The van der Waals surface area contributed by atoms with Crippen molar-refractivity contribution >= 4 is 44.7 Å². The van der Waals surface area contributed by atoms with E-state index in [1.807, 2.05) is 17.5 Å². The Morgan fingerprint density at radius 1 is 1.16 bits per heavy atom. The molecular weight excluding hydrogens is 397 g/mol. The third-order valence-electron chi connectivity index (χ3n) is 2.75. The lowest BCUT2D eigenvalue weighted by atomic mass is 10.3. The van der Waals surface area contributed by atoms with Crippen LogP contribution in [0.5, 0.6) is 0 Å². The third-order valence-corrected chi connectivity index (χ3v) is 6.30. The van der Waals surface area contributed by atoms with Crippen LogP contribution in [0.2, 0.25) is 0 Å². The lowest BCUT2D eigenvalue weighted by Crippen LogP contribution is -2.33. The number of thioether (sulfide) groups is 1. The number of amides is 1. The van der Waals surface area contributed by atoms with Crippen molar-refractivity contribution in [2.24, 2.45) is 0 Å². The zero-order chi connectivity index (χ0) is 18.5. The first-order chi connectivity index (χ1) is 11.7. The summed E-state index contributed by atoms with van der Waals surface area (Å²) in [6, 6.07) is 8.64. The first kappa shape index (κ1) is 19.8. The smallest absolute Gasteiger partial charge is 0.325 e. The molecule has 1 aromatic carbocycles. The maximum absolute atomic E-state index is 12.1. The predicted octanol–water partition coefficient (Wildman–Crippen LogP) is 3.32. The molecule has 0 aliphatic carbocycles. The number of sulfonamides is 1. The van der Waals surface area contributed by atoms with E-state index in [1.54, 1.807) is 0 Å². The SMILES string of the molecule is O=C(CSc1cccs1)Nc1ccc(S(=O)(=O)NCC(F)(F)F)cc1. The van der Waals surface area contributed by atoms with E-state index < -0.39 is 22.7 Å². The highest BCUT2D eigenvalue weighted by molar-refractivity contribution is 8.01. The molecule has 0 aliphatic rings. The minimum absolute atomic E-state index is 0.188. The van der Waals surface area contributed by atoms with E-state index in [0.29, 0.717) is 5.69 Å². The summed E-state index contributed by atoms with van der Waals surface area (Å²) in [7, 11) is -4.26. The second-order valence-electron chi connectivity index (χ2n) is 4.73. The van der Waals surface area contributed by atoms with E-state index in [2.05, 4.69) is 5.32 Å². The number of halogens is 3. The van der Waals surface area contributed by atoms with Gasteiger partial charge < -0.3 is 5.32 Å². The van der Waals surface area contributed by atoms with Gasteiger partial charge in [-0.05, 0) is 35.7 Å². The fourth-order valence-electron chi connectivity index (χ4n) is 1.66. The molecule has 0 aliphatic heterocycles. The van der Waals surface area contributed by atoms with Crippen molar-refractivity contribution in [1.82, 2.24) is 4.72 Å². The number of carbonyl (C=O) groups is 1. The van der Waals surface area contributed by atoms with E-state index in [0.717, 1.165) is 16.3 Å². The molecule has 0 saturated carbocycles. The Labute approximate surface area is 150 Å². The van der Waals surface area contributed by atoms with Crippen molar-refractivity contribution < 1.29 is 26.4 Å². The summed E-state index contributed by atoms with van der Waals surface area (Å²) in [5.74, 6) is -0.0857. The van der Waals surface area contributed by atoms with Crippen LogP contribution in [0.25, 0.3) is 0 Å². The molecule has 2 rings (SSSR count). The lowest BCUT2D eigenvalue weighted by Gasteiger charge is -2.10. The fourth-order valence-corrected chi connectivity index (χ4v) is 4.26. The van der Waals surface area contributed by atoms with Crippen molar-refractivity contribution in [2.45, 2.75) is 15.3 Å². The van der Waals surface area contributed by atoms with Crippen LogP contribution >= 0.6 is 23.1 Å². The highest BCUT2D eigenvalue weighted by atomic mass is 32.2. The standard InChI is InChI=1S/C14H13F3N2O3S3/c15-14(16,17)9-18-25(21,22)11-5-3-10(4-6-11)19-12(20)8-24-13-2-1-7-23-13/h1-7,18H,8-9H2,(H,19,20). The zero-order valence-corrected chi connectivity index (χ0v) is 15.0. The van der Waals surface area contributed by atoms with Crippen LogP contribution in [0, 0.1) is 0 Å². The number of thiophene rings is 1. The van der Waals surface area contributed by atoms with Gasteiger partial charge in [0.25, 0.3) is 0 Å². The molecule has 2 aromatic rings. The Morgan fingerprint density at radius 3 is 2.40 bits per heavy atom. The van der Waals surface area contributed by atoms with Gasteiger partial charge in [-0.15, -0.1) is 23.1 Å². The summed E-state index contributed by atoms with van der Waals surface area (Å²) >= 11 is 2.88. The van der Waals surface area contributed by atoms with Gasteiger partial charge in [-0.25, -0.2) is 13.1 Å². The maximum Gasteiger partial charge on any atom is 0.402 e. The highest BCUT2D eigenvalue weighted by Crippen LogP contribution is 2.23. The molecule has 0 radical (unpaired) electrons. The van der Waals surface area contributed by atoms with E-state index in [1.165, 1.54) is 40.0 Å². The van der Waals surface area contributed by atoms with E-state index >= 15 is 0 Å². The van der Waals surface area contributed by atoms with Crippen LogP contribution in [0.15, 0.2) is 50.9 Å². The molecule has 1 aromatic heterocycles. The van der Waals surface area contributed by atoms with Gasteiger partial charge in [0.05, 0.1) is 14.9 Å². The zero-order valence-electron chi connectivity index (χ0n) is 12.5. The van der Waals surface area contributed by atoms with Crippen LogP contribution in [0.3, 0.4) is 0 Å². The summed E-state index contributed by atoms with van der Waals surface area (Å²) < 4.78 is 62.3. The molecule has 11 heteroatoms. The summed E-state index contributed by atoms with van der Waals surface area (Å²) in [6.45, 7) is -1.65. The predicted molar refractivity (Wildman–Crippen MR) is 91.4 cm³/mol. The average molecular weight is 410 g/mol. The monoisotopic (exact) mass is 410 g/mol. The molecule has 5 nitrogen and oxygen atoms in total. The lowest BCUT2D eigenvalue weighted by molar-refractivity contribution is -0.121. The molecule has 0 unspecified atom stereocenters. The number of benzene rings is 1. The van der Waals surface area contributed by atoms with E-state index in [9.17, 15) is 26.4 Å². The first-order valence-electron chi connectivity index (χ1n) is 6.78. The van der Waals surface area contributed by atoms with Gasteiger partial charge in [0.1, 0.15) is 6.54 Å². The largest absolute Gasteiger partial charge is 0.402 e. The van der Waals surface area contributed by atoms with Gasteiger partial charge in [-0.2, -0.15) is 13.2 Å². The van der Waals surface area contributed by atoms with Gasteiger partial charge in [-0.1, -0.05) is 6.07 Å². The number of hydrogen-bond acceptors (Lipinski definition) is 5. The Morgan fingerprint density at radius 2 is 1.84 bits per heavy atom. The Kier molecular flexibility index (Phi) is 6.49. The fraction of sp³-hybridized carbons (Fsp3) is 0.214. The van der Waals surface area contributed by atoms with Crippen molar-refractivity contribution in [2.75, 3.05) is 17.6 Å². The molecule has 0 atom stereocenters. The molecule has 1 amide bonds. The summed E-state index contributed by atoms with van der Waals surface area (Å²) in [5, 5.41) is 4.48. The van der Waals surface area contributed by atoms with E-state index in [-0.39, 0.29) is 16.6 Å². The Balaban J connectivity index is 1.91. The van der Waals surface area contributed by atoms with Gasteiger partial charge in [0, 0.05) is 5.69 Å². The second kappa shape index (κ2) is 8.21. The average Bonchev–Trinajstić information content (AvgIpc) is 3.05.